The normalized spacial score (nSPS) is 14.4. The zero-order valence-electron chi connectivity index (χ0n) is 21.1. The van der Waals surface area contributed by atoms with Crippen molar-refractivity contribution in [1.82, 2.24) is 24.3 Å². The van der Waals surface area contributed by atoms with E-state index in [0.29, 0.717) is 6.54 Å². The average molecular weight is 500 g/mol. The largest absolute Gasteiger partial charge is 0.336 e. The Morgan fingerprint density at radius 1 is 1.00 bits per heavy atom. The third kappa shape index (κ3) is 5.63. The summed E-state index contributed by atoms with van der Waals surface area (Å²) in [6, 6.07) is 18.6. The van der Waals surface area contributed by atoms with Crippen molar-refractivity contribution in [3.05, 3.63) is 89.2 Å². The standard InChI is InChI=1S/C29H33N5OS/c1-3-13-32-14-16-33(17-15-32)28(35)25-9-7-23(8-10-25)20-34-27-19-30-12-11-26(27)31-29(34)36-21-24-6-4-5-22(2)18-24/h4-12,18-19H,3,13-17,20-21H2,1-2H3. The second-order valence-corrected chi connectivity index (χ2v) is 10.4. The molecule has 7 heteroatoms. The fourth-order valence-corrected chi connectivity index (χ4v) is 5.73. The van der Waals surface area contributed by atoms with Gasteiger partial charge in [0.25, 0.3) is 5.91 Å². The molecule has 0 bridgehead atoms. The maximum absolute atomic E-state index is 13.0. The van der Waals surface area contributed by atoms with Crippen LogP contribution in [0.5, 0.6) is 0 Å². The molecule has 186 valence electrons. The molecule has 36 heavy (non-hydrogen) atoms. The average Bonchev–Trinajstić information content (AvgIpc) is 3.25. The van der Waals surface area contributed by atoms with Crippen LogP contribution in [-0.4, -0.2) is 63.0 Å². The highest BCUT2D eigenvalue weighted by Crippen LogP contribution is 2.28. The highest BCUT2D eigenvalue weighted by Gasteiger charge is 2.21. The van der Waals surface area contributed by atoms with E-state index in [1.807, 2.05) is 29.3 Å². The minimum Gasteiger partial charge on any atom is -0.336 e. The molecule has 0 saturated carbocycles. The Morgan fingerprint density at radius 3 is 2.56 bits per heavy atom. The quantitative estimate of drug-likeness (QED) is 0.310. The Hall–Kier alpha value is -3.16. The first-order chi connectivity index (χ1) is 17.6. The Balaban J connectivity index is 1.30. The van der Waals surface area contributed by atoms with Gasteiger partial charge in [-0.25, -0.2) is 4.98 Å². The van der Waals surface area contributed by atoms with Gasteiger partial charge in [0, 0.05) is 43.7 Å². The molecule has 5 rings (SSSR count). The number of imidazole rings is 1. The lowest BCUT2D eigenvalue weighted by Gasteiger charge is -2.34. The van der Waals surface area contributed by atoms with E-state index in [0.717, 1.165) is 72.2 Å². The summed E-state index contributed by atoms with van der Waals surface area (Å²) in [5, 5.41) is 0.976. The van der Waals surface area contributed by atoms with Gasteiger partial charge in [0.05, 0.1) is 23.8 Å². The number of thioether (sulfide) groups is 1. The molecular formula is C29H33N5OS. The van der Waals surface area contributed by atoms with Crippen LogP contribution in [0.1, 0.15) is 40.4 Å². The number of benzene rings is 2. The van der Waals surface area contributed by atoms with E-state index >= 15 is 0 Å². The second-order valence-electron chi connectivity index (χ2n) is 9.45. The van der Waals surface area contributed by atoms with Crippen LogP contribution in [0.4, 0.5) is 0 Å². The maximum Gasteiger partial charge on any atom is 0.253 e. The van der Waals surface area contributed by atoms with Crippen LogP contribution >= 0.6 is 11.8 Å². The van der Waals surface area contributed by atoms with Crippen LogP contribution in [-0.2, 0) is 12.3 Å². The lowest BCUT2D eigenvalue weighted by Crippen LogP contribution is -2.48. The van der Waals surface area contributed by atoms with Crippen molar-refractivity contribution in [2.45, 2.75) is 37.7 Å². The number of amides is 1. The highest BCUT2D eigenvalue weighted by atomic mass is 32.2. The van der Waals surface area contributed by atoms with Gasteiger partial charge >= 0.3 is 0 Å². The van der Waals surface area contributed by atoms with Crippen molar-refractivity contribution in [3.63, 3.8) is 0 Å². The van der Waals surface area contributed by atoms with Gasteiger partial charge in [-0.15, -0.1) is 0 Å². The van der Waals surface area contributed by atoms with Crippen LogP contribution in [0, 0.1) is 6.92 Å². The number of aryl methyl sites for hydroxylation is 1. The molecule has 1 amide bonds. The molecule has 1 saturated heterocycles. The molecule has 0 atom stereocenters. The molecule has 0 radical (unpaired) electrons. The summed E-state index contributed by atoms with van der Waals surface area (Å²) >= 11 is 1.74. The molecular weight excluding hydrogens is 466 g/mol. The Labute approximate surface area is 217 Å². The first-order valence-electron chi connectivity index (χ1n) is 12.7. The lowest BCUT2D eigenvalue weighted by molar-refractivity contribution is 0.0637. The maximum atomic E-state index is 13.0. The molecule has 0 spiro atoms. The molecule has 3 heterocycles. The number of carbonyl (C=O) groups is 1. The van der Waals surface area contributed by atoms with Gasteiger partial charge in [-0.05, 0) is 49.2 Å². The molecule has 0 unspecified atom stereocenters. The van der Waals surface area contributed by atoms with Crippen molar-refractivity contribution in [2.24, 2.45) is 0 Å². The molecule has 6 nitrogen and oxygen atoms in total. The molecule has 4 aromatic rings. The smallest absolute Gasteiger partial charge is 0.253 e. The number of piperazine rings is 1. The van der Waals surface area contributed by atoms with Gasteiger partial charge < -0.3 is 9.47 Å². The summed E-state index contributed by atoms with van der Waals surface area (Å²) in [5.74, 6) is 0.988. The van der Waals surface area contributed by atoms with E-state index in [9.17, 15) is 4.79 Å². The zero-order valence-corrected chi connectivity index (χ0v) is 21.9. The number of pyridine rings is 1. The first kappa shape index (κ1) is 24.5. The van der Waals surface area contributed by atoms with Crippen molar-refractivity contribution in [3.8, 4) is 0 Å². The summed E-state index contributed by atoms with van der Waals surface area (Å²) < 4.78 is 2.23. The van der Waals surface area contributed by atoms with E-state index < -0.39 is 0 Å². The number of rotatable bonds is 8. The summed E-state index contributed by atoms with van der Waals surface area (Å²) in [7, 11) is 0. The van der Waals surface area contributed by atoms with Gasteiger partial charge in [0.15, 0.2) is 5.16 Å². The zero-order chi connectivity index (χ0) is 24.9. The van der Waals surface area contributed by atoms with E-state index in [4.69, 9.17) is 4.98 Å². The molecule has 1 fully saturated rings. The Bertz CT molecular complexity index is 1330. The van der Waals surface area contributed by atoms with Crippen LogP contribution in [0.25, 0.3) is 11.0 Å². The second kappa shape index (κ2) is 11.3. The summed E-state index contributed by atoms with van der Waals surface area (Å²) in [6.07, 6.45) is 4.83. The Kier molecular flexibility index (Phi) is 7.68. The fraction of sp³-hybridized carbons (Fsp3) is 0.345. The van der Waals surface area contributed by atoms with Gasteiger partial charge in [-0.2, -0.15) is 0 Å². The first-order valence-corrected chi connectivity index (χ1v) is 13.7. The van der Waals surface area contributed by atoms with Gasteiger partial charge in [-0.1, -0.05) is 60.6 Å². The summed E-state index contributed by atoms with van der Waals surface area (Å²) in [4.78, 5) is 26.7. The Morgan fingerprint density at radius 2 is 1.81 bits per heavy atom. The molecule has 0 aliphatic carbocycles. The molecule has 1 aliphatic heterocycles. The predicted octanol–water partition coefficient (Wildman–Crippen LogP) is 5.25. The van der Waals surface area contributed by atoms with Gasteiger partial charge in [0.1, 0.15) is 0 Å². The van der Waals surface area contributed by atoms with E-state index in [-0.39, 0.29) is 5.91 Å². The van der Waals surface area contributed by atoms with Gasteiger partial charge in [-0.3, -0.25) is 14.7 Å². The third-order valence-electron chi connectivity index (χ3n) is 6.71. The van der Waals surface area contributed by atoms with Gasteiger partial charge in [0.2, 0.25) is 0 Å². The van der Waals surface area contributed by atoms with E-state index in [1.54, 1.807) is 18.0 Å². The number of nitrogens with zero attached hydrogens (tertiary/aromatic N) is 5. The van der Waals surface area contributed by atoms with E-state index in [2.05, 4.69) is 64.7 Å². The van der Waals surface area contributed by atoms with Crippen LogP contribution < -0.4 is 0 Å². The molecule has 1 aliphatic rings. The highest BCUT2D eigenvalue weighted by molar-refractivity contribution is 7.98. The van der Waals surface area contributed by atoms with E-state index in [1.165, 1.54) is 11.1 Å². The number of carbonyl (C=O) groups excluding carboxylic acids is 1. The monoisotopic (exact) mass is 499 g/mol. The minimum atomic E-state index is 0.129. The number of aromatic nitrogens is 3. The summed E-state index contributed by atoms with van der Waals surface area (Å²) in [6.45, 7) is 9.64. The topological polar surface area (TPSA) is 54.3 Å². The van der Waals surface area contributed by atoms with Crippen molar-refractivity contribution in [2.75, 3.05) is 32.7 Å². The SMILES string of the molecule is CCCN1CCN(C(=O)c2ccc(Cn3c(SCc4cccc(C)c4)nc4ccncc43)cc2)CC1. The summed E-state index contributed by atoms with van der Waals surface area (Å²) in [5.41, 5.74) is 6.42. The van der Waals surface area contributed by atoms with Crippen molar-refractivity contribution >= 4 is 28.7 Å². The third-order valence-corrected chi connectivity index (χ3v) is 7.75. The van der Waals surface area contributed by atoms with Crippen LogP contribution in [0.15, 0.2) is 72.1 Å². The molecule has 2 aromatic carbocycles. The fourth-order valence-electron chi connectivity index (χ4n) is 4.77. The number of hydrogen-bond donors (Lipinski definition) is 0. The number of fused-ring (bicyclic) bond motifs is 1. The molecule has 2 aromatic heterocycles. The van der Waals surface area contributed by atoms with Crippen molar-refractivity contribution < 1.29 is 4.79 Å². The van der Waals surface area contributed by atoms with Crippen molar-refractivity contribution in [1.29, 1.82) is 0 Å². The van der Waals surface area contributed by atoms with Crippen LogP contribution in [0.3, 0.4) is 0 Å². The predicted molar refractivity (Wildman–Crippen MR) is 146 cm³/mol. The minimum absolute atomic E-state index is 0.129. The van der Waals surface area contributed by atoms with Crippen LogP contribution in [0.2, 0.25) is 0 Å². The molecule has 0 N–H and O–H groups in total. The lowest BCUT2D eigenvalue weighted by atomic mass is 10.1. The number of hydrogen-bond acceptors (Lipinski definition) is 5.